The molecule has 0 atom stereocenters. The Morgan fingerprint density at radius 1 is 0.800 bits per heavy atom. The van der Waals surface area contributed by atoms with E-state index in [1.54, 1.807) is 12.4 Å². The van der Waals surface area contributed by atoms with Crippen LogP contribution in [0.1, 0.15) is 11.1 Å². The van der Waals surface area contributed by atoms with Crippen molar-refractivity contribution in [1.82, 2.24) is 0 Å². The molecule has 0 unspecified atom stereocenters. The van der Waals surface area contributed by atoms with Crippen molar-refractivity contribution in [3.63, 3.8) is 0 Å². The van der Waals surface area contributed by atoms with Gasteiger partial charge in [0.25, 0.3) is 0 Å². The molecule has 102 valence electrons. The van der Waals surface area contributed by atoms with Gasteiger partial charge in [0.2, 0.25) is 0 Å². The van der Waals surface area contributed by atoms with Gasteiger partial charge in [-0.15, -0.1) is 0 Å². The van der Waals surface area contributed by atoms with Gasteiger partial charge in [0.05, 0.1) is 12.4 Å². The molecule has 0 bridgehead atoms. The van der Waals surface area contributed by atoms with E-state index in [0.29, 0.717) is 0 Å². The number of rotatable bonds is 4. The zero-order valence-electron chi connectivity index (χ0n) is 11.5. The van der Waals surface area contributed by atoms with Gasteiger partial charge in [-0.3, -0.25) is 0 Å². The van der Waals surface area contributed by atoms with Gasteiger partial charge in [-0.1, -0.05) is 40.2 Å². The molecule has 2 aromatic rings. The number of halogens is 1. The third-order valence-electron chi connectivity index (χ3n) is 2.76. The highest BCUT2D eigenvalue weighted by Gasteiger charge is 1.93. The Labute approximate surface area is 127 Å². The van der Waals surface area contributed by atoms with Gasteiger partial charge in [-0.05, 0) is 35.4 Å². The average Bonchev–Trinajstić information content (AvgIpc) is 2.46. The van der Waals surface area contributed by atoms with Crippen LogP contribution in [-0.4, -0.2) is 26.5 Å². The van der Waals surface area contributed by atoms with Gasteiger partial charge in [-0.2, -0.15) is 10.2 Å². The van der Waals surface area contributed by atoms with E-state index in [0.717, 1.165) is 15.6 Å². The molecule has 0 heterocycles. The molecule has 0 saturated heterocycles. The first-order valence-corrected chi connectivity index (χ1v) is 7.04. The van der Waals surface area contributed by atoms with Crippen molar-refractivity contribution in [3.05, 3.63) is 64.1 Å². The lowest BCUT2D eigenvalue weighted by Crippen LogP contribution is -2.08. The molecule has 0 aliphatic heterocycles. The molecule has 2 aromatic carbocycles. The van der Waals surface area contributed by atoms with Gasteiger partial charge >= 0.3 is 0 Å². The SMILES string of the molecule is CN(C)c1ccc(/C=N/N=C/c2ccc(Br)cc2)cc1. The molecule has 20 heavy (non-hydrogen) atoms. The molecule has 4 heteroatoms. The van der Waals surface area contributed by atoms with Crippen molar-refractivity contribution < 1.29 is 0 Å². The summed E-state index contributed by atoms with van der Waals surface area (Å²) in [4.78, 5) is 2.06. The molecule has 0 aliphatic carbocycles. The largest absolute Gasteiger partial charge is 0.378 e. The summed E-state index contributed by atoms with van der Waals surface area (Å²) in [5.74, 6) is 0. The lowest BCUT2D eigenvalue weighted by Gasteiger charge is -2.11. The summed E-state index contributed by atoms with van der Waals surface area (Å²) in [7, 11) is 4.04. The lowest BCUT2D eigenvalue weighted by molar-refractivity contribution is 1.13. The molecule has 2 rings (SSSR count). The predicted octanol–water partition coefficient (Wildman–Crippen LogP) is 3.97. The number of nitrogens with zero attached hydrogens (tertiary/aromatic N) is 3. The van der Waals surface area contributed by atoms with E-state index >= 15 is 0 Å². The minimum absolute atomic E-state index is 1.02. The fourth-order valence-electron chi connectivity index (χ4n) is 1.61. The second-order valence-electron chi connectivity index (χ2n) is 4.53. The van der Waals surface area contributed by atoms with Crippen LogP contribution in [-0.2, 0) is 0 Å². The van der Waals surface area contributed by atoms with Crippen LogP contribution in [0.25, 0.3) is 0 Å². The predicted molar refractivity (Wildman–Crippen MR) is 90.1 cm³/mol. The van der Waals surface area contributed by atoms with Crippen LogP contribution in [0.4, 0.5) is 5.69 Å². The quantitative estimate of drug-likeness (QED) is 0.616. The highest BCUT2D eigenvalue weighted by Crippen LogP contribution is 2.11. The third-order valence-corrected chi connectivity index (χ3v) is 3.29. The van der Waals surface area contributed by atoms with Gasteiger partial charge in [-0.25, -0.2) is 0 Å². The van der Waals surface area contributed by atoms with E-state index in [9.17, 15) is 0 Å². The topological polar surface area (TPSA) is 28.0 Å². The summed E-state index contributed by atoms with van der Waals surface area (Å²) in [5.41, 5.74) is 3.22. The van der Waals surface area contributed by atoms with Gasteiger partial charge < -0.3 is 4.90 Å². The van der Waals surface area contributed by atoms with E-state index in [1.165, 1.54) is 5.69 Å². The van der Waals surface area contributed by atoms with E-state index in [-0.39, 0.29) is 0 Å². The Balaban J connectivity index is 1.97. The molecule has 0 fully saturated rings. The molecule has 3 nitrogen and oxygen atoms in total. The maximum atomic E-state index is 4.05. The Morgan fingerprint density at radius 3 is 1.70 bits per heavy atom. The second kappa shape index (κ2) is 7.01. The molecule has 0 aliphatic rings. The molecule has 0 N–H and O–H groups in total. The smallest absolute Gasteiger partial charge is 0.0568 e. The van der Waals surface area contributed by atoms with Crippen molar-refractivity contribution >= 4 is 34.0 Å². The van der Waals surface area contributed by atoms with Crippen molar-refractivity contribution in [3.8, 4) is 0 Å². The molecule has 0 spiro atoms. The van der Waals surface area contributed by atoms with Gasteiger partial charge in [0.1, 0.15) is 0 Å². The summed E-state index contributed by atoms with van der Waals surface area (Å²) >= 11 is 3.40. The minimum atomic E-state index is 1.02. The zero-order valence-corrected chi connectivity index (χ0v) is 13.1. The summed E-state index contributed by atoms with van der Waals surface area (Å²) < 4.78 is 1.05. The van der Waals surface area contributed by atoms with E-state index in [1.807, 2.05) is 50.5 Å². The number of hydrogen-bond acceptors (Lipinski definition) is 3. The van der Waals surface area contributed by atoms with Crippen LogP contribution in [0.5, 0.6) is 0 Å². The van der Waals surface area contributed by atoms with Crippen LogP contribution in [0.2, 0.25) is 0 Å². The van der Waals surface area contributed by atoms with Crippen LogP contribution in [0, 0.1) is 0 Å². The molecule has 0 amide bonds. The Morgan fingerprint density at radius 2 is 1.25 bits per heavy atom. The molecular formula is C16H16BrN3. The average molecular weight is 330 g/mol. The lowest BCUT2D eigenvalue weighted by atomic mass is 10.2. The monoisotopic (exact) mass is 329 g/mol. The van der Waals surface area contributed by atoms with Gasteiger partial charge in [0, 0.05) is 24.3 Å². The second-order valence-corrected chi connectivity index (χ2v) is 5.44. The number of benzene rings is 2. The molecular weight excluding hydrogens is 314 g/mol. The van der Waals surface area contributed by atoms with Gasteiger partial charge in [0.15, 0.2) is 0 Å². The minimum Gasteiger partial charge on any atom is -0.378 e. The maximum Gasteiger partial charge on any atom is 0.0568 e. The summed E-state index contributed by atoms with van der Waals surface area (Å²) in [5, 5.41) is 8.10. The maximum absolute atomic E-state index is 4.05. The van der Waals surface area contributed by atoms with Crippen LogP contribution in [0.15, 0.2) is 63.2 Å². The first-order valence-electron chi connectivity index (χ1n) is 6.24. The van der Waals surface area contributed by atoms with Crippen LogP contribution < -0.4 is 4.90 Å². The van der Waals surface area contributed by atoms with E-state index in [4.69, 9.17) is 0 Å². The van der Waals surface area contributed by atoms with Crippen molar-refractivity contribution in [1.29, 1.82) is 0 Å². The first-order chi connectivity index (χ1) is 9.65. The van der Waals surface area contributed by atoms with Crippen LogP contribution >= 0.6 is 15.9 Å². The summed E-state index contributed by atoms with van der Waals surface area (Å²) in [6.45, 7) is 0. The molecule has 0 radical (unpaired) electrons. The van der Waals surface area contributed by atoms with Crippen molar-refractivity contribution in [2.75, 3.05) is 19.0 Å². The van der Waals surface area contributed by atoms with E-state index in [2.05, 4.69) is 43.2 Å². The summed E-state index contributed by atoms with van der Waals surface area (Å²) in [6.07, 6.45) is 3.48. The first kappa shape index (κ1) is 14.5. The fourth-order valence-corrected chi connectivity index (χ4v) is 1.87. The Bertz CT molecular complexity index is 599. The standard InChI is InChI=1S/C16H16BrN3/c1-20(2)16-9-5-14(6-10-16)12-19-18-11-13-3-7-15(17)8-4-13/h3-12H,1-2H3/b18-11+,19-12+. The molecule has 0 saturated carbocycles. The summed E-state index contributed by atoms with van der Waals surface area (Å²) in [6, 6.07) is 16.1. The third kappa shape index (κ3) is 4.31. The normalized spacial score (nSPS) is 11.3. The van der Waals surface area contributed by atoms with Crippen molar-refractivity contribution in [2.45, 2.75) is 0 Å². The van der Waals surface area contributed by atoms with Crippen LogP contribution in [0.3, 0.4) is 0 Å². The molecule has 0 aromatic heterocycles. The zero-order chi connectivity index (χ0) is 14.4. The highest BCUT2D eigenvalue weighted by atomic mass is 79.9. The van der Waals surface area contributed by atoms with E-state index < -0.39 is 0 Å². The number of hydrogen-bond donors (Lipinski definition) is 0. The fraction of sp³-hybridized carbons (Fsp3) is 0.125. The Kier molecular flexibility index (Phi) is 5.07. The highest BCUT2D eigenvalue weighted by molar-refractivity contribution is 9.10. The number of anilines is 1. The Hall–Kier alpha value is -1.94. The van der Waals surface area contributed by atoms with Crippen molar-refractivity contribution in [2.24, 2.45) is 10.2 Å².